The summed E-state index contributed by atoms with van der Waals surface area (Å²) < 4.78 is 5.06. The van der Waals surface area contributed by atoms with Crippen LogP contribution in [-0.4, -0.2) is 60.6 Å². The molecule has 4 aliphatic heterocycles. The fourth-order valence-electron chi connectivity index (χ4n) is 5.60. The van der Waals surface area contributed by atoms with Crippen molar-refractivity contribution in [2.24, 2.45) is 5.92 Å². The molecule has 26 heavy (non-hydrogen) atoms. The summed E-state index contributed by atoms with van der Waals surface area (Å²) in [6.45, 7) is 7.22. The van der Waals surface area contributed by atoms with Crippen LogP contribution in [0.4, 0.5) is 0 Å². The summed E-state index contributed by atoms with van der Waals surface area (Å²) in [4.78, 5) is 17.1. The van der Waals surface area contributed by atoms with Gasteiger partial charge in [0.15, 0.2) is 0 Å². The van der Waals surface area contributed by atoms with Crippen LogP contribution >= 0.6 is 0 Å². The van der Waals surface area contributed by atoms with Crippen molar-refractivity contribution in [1.82, 2.24) is 9.80 Å². The average molecular weight is 357 g/mol. The first-order valence-corrected chi connectivity index (χ1v) is 10.5. The molecule has 4 heteroatoms. The molecule has 4 fully saturated rings. The number of hydrogen-bond donors (Lipinski definition) is 0. The number of unbranched alkanes of at least 4 members (excludes halogenated alkanes) is 1. The van der Waals surface area contributed by atoms with Crippen molar-refractivity contribution in [3.8, 4) is 0 Å². The normalized spacial score (nSPS) is 33.2. The summed E-state index contributed by atoms with van der Waals surface area (Å²) in [5, 5.41) is 0. The topological polar surface area (TPSA) is 32.8 Å². The van der Waals surface area contributed by atoms with Crippen molar-refractivity contribution in [2.75, 3.05) is 32.8 Å². The summed E-state index contributed by atoms with van der Waals surface area (Å²) in [6.07, 6.45) is 5.32. The second-order valence-corrected chi connectivity index (χ2v) is 8.13. The van der Waals surface area contributed by atoms with Gasteiger partial charge in [0.1, 0.15) is 0 Å². The Morgan fingerprint density at radius 2 is 1.88 bits per heavy atom. The molecule has 0 aromatic heterocycles. The first-order chi connectivity index (χ1) is 12.8. The van der Waals surface area contributed by atoms with E-state index in [4.69, 9.17) is 4.74 Å². The zero-order chi connectivity index (χ0) is 17.9. The molecule has 0 aliphatic carbocycles. The SMILES string of the molecule is CCOC(=O)CCCCN1C[C@@H](c2ccccc2)[C@@H]2[C@H]1C1CCN2CC1. The van der Waals surface area contributed by atoms with Crippen molar-refractivity contribution in [3.63, 3.8) is 0 Å². The van der Waals surface area contributed by atoms with E-state index >= 15 is 0 Å². The summed E-state index contributed by atoms with van der Waals surface area (Å²) >= 11 is 0. The minimum atomic E-state index is -0.0446. The summed E-state index contributed by atoms with van der Waals surface area (Å²) in [5.41, 5.74) is 1.50. The molecule has 5 rings (SSSR count). The van der Waals surface area contributed by atoms with E-state index in [1.165, 1.54) is 38.0 Å². The van der Waals surface area contributed by atoms with Crippen molar-refractivity contribution in [1.29, 1.82) is 0 Å². The van der Waals surface area contributed by atoms with Crippen LogP contribution in [0.3, 0.4) is 0 Å². The van der Waals surface area contributed by atoms with Gasteiger partial charge in [0, 0.05) is 31.0 Å². The summed E-state index contributed by atoms with van der Waals surface area (Å²) in [5.74, 6) is 1.45. The highest BCUT2D eigenvalue weighted by Gasteiger charge is 2.52. The lowest BCUT2D eigenvalue weighted by Crippen LogP contribution is -2.60. The molecule has 0 amide bonds. The Balaban J connectivity index is 1.41. The molecule has 4 aliphatic rings. The van der Waals surface area contributed by atoms with Gasteiger partial charge in [-0.25, -0.2) is 0 Å². The van der Waals surface area contributed by atoms with Crippen molar-refractivity contribution >= 4 is 5.97 Å². The van der Waals surface area contributed by atoms with Crippen LogP contribution in [-0.2, 0) is 9.53 Å². The van der Waals surface area contributed by atoms with Crippen LogP contribution in [0.5, 0.6) is 0 Å². The van der Waals surface area contributed by atoms with E-state index < -0.39 is 0 Å². The zero-order valence-electron chi connectivity index (χ0n) is 16.0. The molecule has 0 radical (unpaired) electrons. The Bertz CT molecular complexity index is 597. The molecule has 2 bridgehead atoms. The van der Waals surface area contributed by atoms with Crippen LogP contribution in [0.25, 0.3) is 0 Å². The predicted molar refractivity (Wildman–Crippen MR) is 103 cm³/mol. The van der Waals surface area contributed by atoms with Crippen molar-refractivity contribution < 1.29 is 9.53 Å². The van der Waals surface area contributed by atoms with Crippen molar-refractivity contribution in [2.45, 2.75) is 57.0 Å². The van der Waals surface area contributed by atoms with E-state index in [-0.39, 0.29) is 5.97 Å². The Labute approximate surface area is 157 Å². The Kier molecular flexibility index (Phi) is 5.60. The largest absolute Gasteiger partial charge is 0.466 e. The van der Waals surface area contributed by atoms with Gasteiger partial charge in [-0.15, -0.1) is 0 Å². The number of benzene rings is 1. The Hall–Kier alpha value is -1.39. The number of piperidine rings is 3. The first kappa shape index (κ1) is 18.0. The van der Waals surface area contributed by atoms with E-state index in [1.807, 2.05) is 6.92 Å². The smallest absolute Gasteiger partial charge is 0.305 e. The van der Waals surface area contributed by atoms with Gasteiger partial charge in [0.2, 0.25) is 0 Å². The standard InChI is InChI=1S/C22H32N2O2/c1-2-26-20(25)10-6-7-13-24-16-19(17-8-4-3-5-9-17)22-21(24)18-11-14-23(22)15-12-18/h3-5,8-9,18-19,21-22H,2,6-7,10-16H2,1H3/t19-,21+,22+/m0/s1. The first-order valence-electron chi connectivity index (χ1n) is 10.5. The number of nitrogens with zero attached hydrogens (tertiary/aromatic N) is 2. The van der Waals surface area contributed by atoms with E-state index in [2.05, 4.69) is 40.1 Å². The molecule has 4 nitrogen and oxygen atoms in total. The van der Waals surface area contributed by atoms with Gasteiger partial charge < -0.3 is 4.74 Å². The number of rotatable bonds is 7. The van der Waals surface area contributed by atoms with E-state index in [0.29, 0.717) is 31.0 Å². The van der Waals surface area contributed by atoms with E-state index in [9.17, 15) is 4.79 Å². The number of likely N-dealkylation sites (tertiary alicyclic amines) is 1. The van der Waals surface area contributed by atoms with Gasteiger partial charge in [-0.3, -0.25) is 14.6 Å². The number of ether oxygens (including phenoxy) is 1. The highest BCUT2D eigenvalue weighted by atomic mass is 16.5. The third kappa shape index (κ3) is 3.54. The van der Waals surface area contributed by atoms with Gasteiger partial charge in [-0.1, -0.05) is 30.3 Å². The number of fused-ring (bicyclic) bond motifs is 2. The molecule has 0 unspecified atom stereocenters. The predicted octanol–water partition coefficient (Wildman–Crippen LogP) is 3.28. The molecular formula is C22H32N2O2. The van der Waals surface area contributed by atoms with E-state index in [1.54, 1.807) is 0 Å². The number of esters is 1. The third-order valence-electron chi connectivity index (χ3n) is 6.70. The number of carbonyl (C=O) groups excluding carboxylic acids is 1. The molecule has 1 aromatic rings. The van der Waals surface area contributed by atoms with Gasteiger partial charge in [-0.05, 0) is 63.7 Å². The average Bonchev–Trinajstić information content (AvgIpc) is 3.09. The lowest BCUT2D eigenvalue weighted by molar-refractivity contribution is -0.143. The van der Waals surface area contributed by atoms with Crippen LogP contribution in [0.2, 0.25) is 0 Å². The second-order valence-electron chi connectivity index (χ2n) is 8.13. The minimum absolute atomic E-state index is 0.0446. The summed E-state index contributed by atoms with van der Waals surface area (Å²) in [7, 11) is 0. The maximum absolute atomic E-state index is 11.6. The molecule has 4 heterocycles. The molecule has 0 N–H and O–H groups in total. The zero-order valence-corrected chi connectivity index (χ0v) is 16.0. The van der Waals surface area contributed by atoms with E-state index in [0.717, 1.165) is 25.3 Å². The lowest BCUT2D eigenvalue weighted by atomic mass is 9.75. The Morgan fingerprint density at radius 3 is 2.62 bits per heavy atom. The maximum atomic E-state index is 11.6. The second kappa shape index (κ2) is 8.10. The molecule has 4 saturated heterocycles. The molecule has 0 saturated carbocycles. The highest BCUT2D eigenvalue weighted by Crippen LogP contribution is 2.46. The number of hydrogen-bond acceptors (Lipinski definition) is 4. The fourth-order valence-corrected chi connectivity index (χ4v) is 5.60. The summed E-state index contributed by atoms with van der Waals surface area (Å²) in [6, 6.07) is 12.5. The molecule has 0 spiro atoms. The quantitative estimate of drug-likeness (QED) is 0.554. The number of carbonyl (C=O) groups is 1. The van der Waals surface area contributed by atoms with Crippen LogP contribution < -0.4 is 0 Å². The highest BCUT2D eigenvalue weighted by molar-refractivity contribution is 5.69. The molecule has 3 atom stereocenters. The monoisotopic (exact) mass is 356 g/mol. The molecular weight excluding hydrogens is 324 g/mol. The fraction of sp³-hybridized carbons (Fsp3) is 0.682. The van der Waals surface area contributed by atoms with Gasteiger partial charge in [0.05, 0.1) is 6.61 Å². The molecule has 1 aromatic carbocycles. The van der Waals surface area contributed by atoms with Crippen LogP contribution in [0, 0.1) is 5.92 Å². The van der Waals surface area contributed by atoms with Gasteiger partial charge in [-0.2, -0.15) is 0 Å². The van der Waals surface area contributed by atoms with Gasteiger partial charge >= 0.3 is 5.97 Å². The van der Waals surface area contributed by atoms with Crippen LogP contribution in [0.15, 0.2) is 30.3 Å². The van der Waals surface area contributed by atoms with Gasteiger partial charge in [0.25, 0.3) is 0 Å². The lowest BCUT2D eigenvalue weighted by Gasteiger charge is -2.51. The minimum Gasteiger partial charge on any atom is -0.466 e. The van der Waals surface area contributed by atoms with Crippen molar-refractivity contribution in [3.05, 3.63) is 35.9 Å². The van der Waals surface area contributed by atoms with Crippen LogP contribution in [0.1, 0.15) is 50.5 Å². The molecule has 142 valence electrons. The third-order valence-corrected chi connectivity index (χ3v) is 6.70. The Morgan fingerprint density at radius 1 is 1.12 bits per heavy atom. The maximum Gasteiger partial charge on any atom is 0.305 e.